The lowest BCUT2D eigenvalue weighted by atomic mass is 10.1. The molecule has 0 radical (unpaired) electrons. The molecular formula is C19H19Cl2N3O3. The van der Waals surface area contributed by atoms with Crippen LogP contribution in [0.1, 0.15) is 29.4 Å². The number of hydrogen-bond donors (Lipinski definition) is 2. The molecule has 0 aliphatic heterocycles. The van der Waals surface area contributed by atoms with Gasteiger partial charge in [-0.2, -0.15) is 0 Å². The minimum absolute atomic E-state index is 0. The second-order valence-electron chi connectivity index (χ2n) is 5.79. The minimum Gasteiger partial charge on any atom is -0.506 e. The van der Waals surface area contributed by atoms with Crippen molar-refractivity contribution in [1.82, 2.24) is 9.97 Å². The number of aromatic nitrogens is 2. The van der Waals surface area contributed by atoms with Gasteiger partial charge < -0.3 is 15.2 Å². The molecule has 0 saturated carbocycles. The normalized spacial score (nSPS) is 10.3. The molecular weight excluding hydrogens is 389 g/mol. The average molecular weight is 408 g/mol. The Bertz CT molecular complexity index is 980. The highest BCUT2D eigenvalue weighted by atomic mass is 35.5. The van der Waals surface area contributed by atoms with Crippen molar-refractivity contribution in [2.75, 3.05) is 11.9 Å². The number of benzene rings is 1. The fourth-order valence-electron chi connectivity index (χ4n) is 2.48. The number of halogens is 2. The van der Waals surface area contributed by atoms with E-state index in [4.69, 9.17) is 16.3 Å². The fourth-order valence-corrected chi connectivity index (χ4v) is 2.65. The van der Waals surface area contributed by atoms with E-state index in [2.05, 4.69) is 15.3 Å². The number of nitrogens with zero attached hydrogens (tertiary/aromatic N) is 2. The van der Waals surface area contributed by atoms with Crippen molar-refractivity contribution < 1.29 is 14.6 Å². The van der Waals surface area contributed by atoms with Crippen molar-refractivity contribution in [3.8, 4) is 5.75 Å². The van der Waals surface area contributed by atoms with E-state index in [9.17, 15) is 9.90 Å². The van der Waals surface area contributed by atoms with Gasteiger partial charge in [0.15, 0.2) is 5.65 Å². The third-order valence-electron chi connectivity index (χ3n) is 3.74. The number of pyridine rings is 2. The van der Waals surface area contributed by atoms with E-state index in [0.29, 0.717) is 40.5 Å². The first-order valence-electron chi connectivity index (χ1n) is 8.18. The number of esters is 1. The molecule has 0 amide bonds. The van der Waals surface area contributed by atoms with E-state index in [1.165, 1.54) is 12.3 Å². The summed E-state index contributed by atoms with van der Waals surface area (Å²) in [6.45, 7) is 4.09. The first kappa shape index (κ1) is 20.7. The van der Waals surface area contributed by atoms with E-state index in [-0.39, 0.29) is 23.7 Å². The minimum atomic E-state index is -0.495. The van der Waals surface area contributed by atoms with Crippen LogP contribution in [-0.2, 0) is 4.74 Å². The lowest BCUT2D eigenvalue weighted by molar-refractivity contribution is 0.0506. The van der Waals surface area contributed by atoms with Gasteiger partial charge in [0.25, 0.3) is 0 Å². The third kappa shape index (κ3) is 4.59. The van der Waals surface area contributed by atoms with E-state index >= 15 is 0 Å². The van der Waals surface area contributed by atoms with Gasteiger partial charge >= 0.3 is 5.97 Å². The van der Waals surface area contributed by atoms with Gasteiger partial charge in [-0.1, -0.05) is 18.5 Å². The van der Waals surface area contributed by atoms with Crippen molar-refractivity contribution in [3.63, 3.8) is 0 Å². The molecule has 2 heterocycles. The molecule has 0 atom stereocenters. The van der Waals surface area contributed by atoms with Crippen LogP contribution in [0, 0.1) is 6.92 Å². The molecule has 27 heavy (non-hydrogen) atoms. The van der Waals surface area contributed by atoms with Crippen LogP contribution in [0.2, 0.25) is 5.02 Å². The third-order valence-corrected chi connectivity index (χ3v) is 3.98. The lowest BCUT2D eigenvalue weighted by Gasteiger charge is -2.15. The maximum atomic E-state index is 12.5. The predicted octanol–water partition coefficient (Wildman–Crippen LogP) is 5.03. The van der Waals surface area contributed by atoms with Crippen LogP contribution < -0.4 is 5.32 Å². The second kappa shape index (κ2) is 8.88. The van der Waals surface area contributed by atoms with Crippen LogP contribution >= 0.6 is 24.0 Å². The Kier molecular flexibility index (Phi) is 6.82. The van der Waals surface area contributed by atoms with Gasteiger partial charge in [0.05, 0.1) is 18.0 Å². The number of rotatable bonds is 5. The van der Waals surface area contributed by atoms with Gasteiger partial charge in [-0.25, -0.2) is 14.8 Å². The Morgan fingerprint density at radius 3 is 2.81 bits per heavy atom. The van der Waals surface area contributed by atoms with Crippen LogP contribution in [0.4, 0.5) is 11.4 Å². The van der Waals surface area contributed by atoms with E-state index < -0.39 is 5.97 Å². The number of carbonyl (C=O) groups is 1. The zero-order valence-electron chi connectivity index (χ0n) is 14.8. The van der Waals surface area contributed by atoms with E-state index in [1.54, 1.807) is 12.1 Å². The summed E-state index contributed by atoms with van der Waals surface area (Å²) in [5.41, 5.74) is 2.39. The van der Waals surface area contributed by atoms with Gasteiger partial charge in [-0.05, 0) is 43.7 Å². The molecule has 6 nitrogen and oxygen atoms in total. The summed E-state index contributed by atoms with van der Waals surface area (Å²) in [6.07, 6.45) is 2.14. The number of fused-ring (bicyclic) bond motifs is 1. The first-order chi connectivity index (χ1) is 12.5. The van der Waals surface area contributed by atoms with Crippen molar-refractivity contribution >= 4 is 52.4 Å². The molecule has 0 unspecified atom stereocenters. The zero-order chi connectivity index (χ0) is 18.7. The monoisotopic (exact) mass is 407 g/mol. The fraction of sp³-hybridized carbons (Fsp3) is 0.211. The largest absolute Gasteiger partial charge is 0.506 e. The maximum absolute atomic E-state index is 12.5. The summed E-state index contributed by atoms with van der Waals surface area (Å²) in [7, 11) is 0. The highest BCUT2D eigenvalue weighted by molar-refractivity contribution is 6.31. The Morgan fingerprint density at radius 1 is 1.30 bits per heavy atom. The Labute approximate surface area is 168 Å². The van der Waals surface area contributed by atoms with Gasteiger partial charge in [0.1, 0.15) is 11.3 Å². The smallest absolute Gasteiger partial charge is 0.341 e. The molecule has 0 bridgehead atoms. The van der Waals surface area contributed by atoms with Crippen molar-refractivity contribution in [1.29, 1.82) is 0 Å². The number of anilines is 2. The summed E-state index contributed by atoms with van der Waals surface area (Å²) in [5, 5.41) is 14.3. The number of phenolic OH excluding ortho intramolecular Hbond substituents is 1. The average Bonchev–Trinajstić information content (AvgIpc) is 2.62. The predicted molar refractivity (Wildman–Crippen MR) is 108 cm³/mol. The molecule has 3 rings (SSSR count). The van der Waals surface area contributed by atoms with Crippen LogP contribution in [0.3, 0.4) is 0 Å². The number of ether oxygens (including phenoxy) is 1. The topological polar surface area (TPSA) is 84.3 Å². The molecule has 0 fully saturated rings. The Hall–Kier alpha value is -2.57. The molecule has 0 spiro atoms. The molecule has 0 aliphatic carbocycles. The summed E-state index contributed by atoms with van der Waals surface area (Å²) in [4.78, 5) is 21.1. The number of hydrogen-bond acceptors (Lipinski definition) is 6. The van der Waals surface area contributed by atoms with Gasteiger partial charge in [0.2, 0.25) is 0 Å². The molecule has 8 heteroatoms. The van der Waals surface area contributed by atoms with Crippen molar-refractivity contribution in [2.45, 2.75) is 20.3 Å². The number of phenols is 1. The molecule has 2 N–H and O–H groups in total. The number of aryl methyl sites for hydroxylation is 1. The Morgan fingerprint density at radius 2 is 2.07 bits per heavy atom. The SMILES string of the molecule is CCCOC(=O)c1cnc2nc(C)ccc2c1Nc1cc(Cl)ccc1O.Cl. The molecule has 142 valence electrons. The number of aromatic hydroxyl groups is 1. The summed E-state index contributed by atoms with van der Waals surface area (Å²) in [5.74, 6) is -0.488. The van der Waals surface area contributed by atoms with Crippen LogP contribution in [0.5, 0.6) is 5.75 Å². The van der Waals surface area contributed by atoms with Gasteiger partial charge in [-0.3, -0.25) is 0 Å². The number of nitrogens with one attached hydrogen (secondary N) is 1. The van der Waals surface area contributed by atoms with Crippen LogP contribution in [0.25, 0.3) is 11.0 Å². The lowest BCUT2D eigenvalue weighted by Crippen LogP contribution is -2.10. The molecule has 0 saturated heterocycles. The highest BCUT2D eigenvalue weighted by Crippen LogP contribution is 2.34. The first-order valence-corrected chi connectivity index (χ1v) is 8.56. The van der Waals surface area contributed by atoms with Gasteiger partial charge in [-0.15, -0.1) is 12.4 Å². The van der Waals surface area contributed by atoms with Crippen molar-refractivity contribution in [3.05, 3.63) is 52.8 Å². The molecule has 2 aromatic heterocycles. The summed E-state index contributed by atoms with van der Waals surface area (Å²) in [6, 6.07) is 8.28. The zero-order valence-corrected chi connectivity index (χ0v) is 16.4. The molecule has 3 aromatic rings. The highest BCUT2D eigenvalue weighted by Gasteiger charge is 2.19. The second-order valence-corrected chi connectivity index (χ2v) is 6.23. The van der Waals surface area contributed by atoms with Gasteiger partial charge in [0, 0.05) is 22.3 Å². The maximum Gasteiger partial charge on any atom is 0.341 e. The van der Waals surface area contributed by atoms with E-state index in [1.807, 2.05) is 26.0 Å². The Balaban J connectivity index is 0.00000261. The quantitative estimate of drug-likeness (QED) is 0.455. The van der Waals surface area contributed by atoms with Crippen LogP contribution in [0.15, 0.2) is 36.5 Å². The number of carbonyl (C=O) groups excluding carboxylic acids is 1. The molecule has 0 aliphatic rings. The summed E-state index contributed by atoms with van der Waals surface area (Å²) < 4.78 is 5.25. The van der Waals surface area contributed by atoms with Crippen LogP contribution in [-0.4, -0.2) is 27.7 Å². The standard InChI is InChI=1S/C19H18ClN3O3.ClH/c1-3-8-26-19(25)14-10-21-18-13(6-4-11(2)22-18)17(14)23-15-9-12(20)5-7-16(15)24;/h4-7,9-10,24H,3,8H2,1-2H3,(H,21,22,23);1H. The van der Waals surface area contributed by atoms with Crippen molar-refractivity contribution in [2.24, 2.45) is 0 Å². The van der Waals surface area contributed by atoms with E-state index in [0.717, 1.165) is 5.69 Å². The summed E-state index contributed by atoms with van der Waals surface area (Å²) >= 11 is 6.03. The molecule has 1 aromatic carbocycles.